The van der Waals surface area contributed by atoms with Crippen molar-refractivity contribution in [3.63, 3.8) is 0 Å². The first-order valence-electron chi connectivity index (χ1n) is 5.57. The molecule has 0 bridgehead atoms. The molecule has 0 spiro atoms. The summed E-state index contributed by atoms with van der Waals surface area (Å²) in [6.07, 6.45) is 2.93. The minimum absolute atomic E-state index is 0.474. The Kier molecular flexibility index (Phi) is 4.27. The molecule has 4 nitrogen and oxygen atoms in total. The largest absolute Gasteiger partial charge is 0.316 e. The molecule has 0 aliphatic rings. The average Bonchev–Trinajstić information content (AvgIpc) is 2.59. The standard InChI is InChI=1S/C11H22N4/c1-8(2)9(3)11(12-4)6-10-7-15(5)14-13-10/h7-9,11-12H,6H2,1-5H3. The van der Waals surface area contributed by atoms with Crippen molar-refractivity contribution in [3.05, 3.63) is 11.9 Å². The monoisotopic (exact) mass is 210 g/mol. The Hall–Kier alpha value is -0.900. The van der Waals surface area contributed by atoms with Crippen LogP contribution in [-0.2, 0) is 13.5 Å². The molecule has 4 heteroatoms. The van der Waals surface area contributed by atoms with Crippen LogP contribution in [-0.4, -0.2) is 28.1 Å². The summed E-state index contributed by atoms with van der Waals surface area (Å²) < 4.78 is 1.75. The molecule has 0 fully saturated rings. The van der Waals surface area contributed by atoms with Gasteiger partial charge in [-0.05, 0) is 18.9 Å². The Morgan fingerprint density at radius 1 is 1.40 bits per heavy atom. The quantitative estimate of drug-likeness (QED) is 0.795. The average molecular weight is 210 g/mol. The van der Waals surface area contributed by atoms with E-state index < -0.39 is 0 Å². The third-order valence-corrected chi connectivity index (χ3v) is 3.14. The van der Waals surface area contributed by atoms with Gasteiger partial charge in [-0.3, -0.25) is 4.68 Å². The van der Waals surface area contributed by atoms with Gasteiger partial charge in [-0.1, -0.05) is 26.0 Å². The summed E-state index contributed by atoms with van der Waals surface area (Å²) >= 11 is 0. The van der Waals surface area contributed by atoms with Crippen molar-refractivity contribution < 1.29 is 0 Å². The van der Waals surface area contributed by atoms with Crippen molar-refractivity contribution in [2.45, 2.75) is 33.2 Å². The number of likely N-dealkylation sites (N-methyl/N-ethyl adjacent to an activating group) is 1. The highest BCUT2D eigenvalue weighted by molar-refractivity contribution is 4.96. The van der Waals surface area contributed by atoms with Gasteiger partial charge in [-0.15, -0.1) is 5.10 Å². The van der Waals surface area contributed by atoms with Gasteiger partial charge in [-0.2, -0.15) is 0 Å². The van der Waals surface area contributed by atoms with Gasteiger partial charge in [0.1, 0.15) is 0 Å². The first-order chi connectivity index (χ1) is 7.04. The highest BCUT2D eigenvalue weighted by atomic mass is 15.4. The lowest BCUT2D eigenvalue weighted by Gasteiger charge is -2.25. The molecule has 0 aliphatic heterocycles. The lowest BCUT2D eigenvalue weighted by Crippen LogP contribution is -2.36. The highest BCUT2D eigenvalue weighted by Gasteiger charge is 2.19. The molecule has 0 aliphatic carbocycles. The van der Waals surface area contributed by atoms with E-state index in [4.69, 9.17) is 0 Å². The molecule has 0 amide bonds. The number of nitrogens with one attached hydrogen (secondary N) is 1. The van der Waals surface area contributed by atoms with Crippen LogP contribution in [0.4, 0.5) is 0 Å². The minimum atomic E-state index is 0.474. The Bertz CT molecular complexity index is 293. The van der Waals surface area contributed by atoms with Gasteiger partial charge in [0.05, 0.1) is 5.69 Å². The first kappa shape index (κ1) is 12.2. The van der Waals surface area contributed by atoms with Crippen LogP contribution in [0.3, 0.4) is 0 Å². The van der Waals surface area contributed by atoms with Crippen molar-refractivity contribution in [1.82, 2.24) is 20.3 Å². The summed E-state index contributed by atoms with van der Waals surface area (Å²) in [5, 5.41) is 11.4. The number of aryl methyl sites for hydroxylation is 1. The maximum absolute atomic E-state index is 4.12. The van der Waals surface area contributed by atoms with Crippen LogP contribution in [0, 0.1) is 11.8 Å². The third-order valence-electron chi connectivity index (χ3n) is 3.14. The fourth-order valence-electron chi connectivity index (χ4n) is 1.73. The van der Waals surface area contributed by atoms with E-state index in [0.717, 1.165) is 12.1 Å². The Labute approximate surface area is 92.1 Å². The summed E-state index contributed by atoms with van der Waals surface area (Å²) in [5.41, 5.74) is 1.06. The second-order valence-corrected chi connectivity index (χ2v) is 4.59. The molecule has 1 rings (SSSR count). The Balaban J connectivity index is 2.61. The topological polar surface area (TPSA) is 42.7 Å². The van der Waals surface area contributed by atoms with Crippen molar-refractivity contribution in [2.24, 2.45) is 18.9 Å². The van der Waals surface area contributed by atoms with Gasteiger partial charge in [0.15, 0.2) is 0 Å². The lowest BCUT2D eigenvalue weighted by molar-refractivity contribution is 0.308. The van der Waals surface area contributed by atoms with Gasteiger partial charge >= 0.3 is 0 Å². The van der Waals surface area contributed by atoms with Crippen molar-refractivity contribution in [1.29, 1.82) is 0 Å². The third kappa shape index (κ3) is 3.30. The summed E-state index contributed by atoms with van der Waals surface area (Å²) in [5.74, 6) is 1.32. The van der Waals surface area contributed by atoms with Crippen molar-refractivity contribution in [3.8, 4) is 0 Å². The van der Waals surface area contributed by atoms with Gasteiger partial charge < -0.3 is 5.32 Å². The summed E-state index contributed by atoms with van der Waals surface area (Å²) in [6, 6.07) is 0.474. The molecule has 0 saturated heterocycles. The second-order valence-electron chi connectivity index (χ2n) is 4.59. The van der Waals surface area contributed by atoms with E-state index in [1.165, 1.54) is 0 Å². The van der Waals surface area contributed by atoms with Crippen LogP contribution in [0.2, 0.25) is 0 Å². The smallest absolute Gasteiger partial charge is 0.0842 e. The molecule has 2 unspecified atom stereocenters. The summed E-state index contributed by atoms with van der Waals surface area (Å²) in [4.78, 5) is 0. The van der Waals surface area contributed by atoms with Crippen molar-refractivity contribution >= 4 is 0 Å². The van der Waals surface area contributed by atoms with E-state index in [9.17, 15) is 0 Å². The van der Waals surface area contributed by atoms with E-state index in [1.54, 1.807) is 4.68 Å². The van der Waals surface area contributed by atoms with Gasteiger partial charge in [-0.25, -0.2) is 0 Å². The molecule has 15 heavy (non-hydrogen) atoms. The zero-order valence-corrected chi connectivity index (χ0v) is 10.4. The Morgan fingerprint density at radius 3 is 2.47 bits per heavy atom. The van der Waals surface area contributed by atoms with E-state index in [-0.39, 0.29) is 0 Å². The van der Waals surface area contributed by atoms with Crippen LogP contribution in [0.15, 0.2) is 6.20 Å². The maximum Gasteiger partial charge on any atom is 0.0842 e. The molecular weight excluding hydrogens is 188 g/mol. The second kappa shape index (κ2) is 5.26. The number of aromatic nitrogens is 3. The van der Waals surface area contributed by atoms with Gasteiger partial charge in [0.2, 0.25) is 0 Å². The molecule has 2 atom stereocenters. The normalized spacial score (nSPS) is 15.6. The van der Waals surface area contributed by atoms with Gasteiger partial charge in [0.25, 0.3) is 0 Å². The van der Waals surface area contributed by atoms with E-state index in [1.807, 2.05) is 20.3 Å². The number of hydrogen-bond acceptors (Lipinski definition) is 3. The molecule has 1 heterocycles. The predicted molar refractivity (Wildman–Crippen MR) is 61.6 cm³/mol. The van der Waals surface area contributed by atoms with Crippen LogP contribution in [0.25, 0.3) is 0 Å². The summed E-state index contributed by atoms with van der Waals surface area (Å²) in [6.45, 7) is 6.79. The SMILES string of the molecule is CNC(Cc1cn(C)nn1)C(C)C(C)C. The fraction of sp³-hybridized carbons (Fsp3) is 0.818. The predicted octanol–water partition coefficient (Wildman–Crippen LogP) is 1.24. The maximum atomic E-state index is 4.12. The fourth-order valence-corrected chi connectivity index (χ4v) is 1.73. The van der Waals surface area contributed by atoms with Crippen LogP contribution in [0.5, 0.6) is 0 Å². The van der Waals surface area contributed by atoms with E-state index in [0.29, 0.717) is 17.9 Å². The molecular formula is C11H22N4. The molecule has 86 valence electrons. The molecule has 0 radical (unpaired) electrons. The molecule has 1 aromatic heterocycles. The number of nitrogens with zero attached hydrogens (tertiary/aromatic N) is 3. The lowest BCUT2D eigenvalue weighted by atomic mass is 9.88. The van der Waals surface area contributed by atoms with E-state index in [2.05, 4.69) is 36.4 Å². The van der Waals surface area contributed by atoms with Crippen LogP contribution < -0.4 is 5.32 Å². The number of hydrogen-bond donors (Lipinski definition) is 1. The number of rotatable bonds is 5. The Morgan fingerprint density at radius 2 is 2.07 bits per heavy atom. The van der Waals surface area contributed by atoms with Crippen LogP contribution in [0.1, 0.15) is 26.5 Å². The molecule has 0 saturated carbocycles. The van der Waals surface area contributed by atoms with Gasteiger partial charge in [0, 0.05) is 25.7 Å². The first-order valence-corrected chi connectivity index (χ1v) is 5.57. The van der Waals surface area contributed by atoms with E-state index >= 15 is 0 Å². The summed E-state index contributed by atoms with van der Waals surface area (Å²) in [7, 11) is 3.91. The van der Waals surface area contributed by atoms with Crippen molar-refractivity contribution in [2.75, 3.05) is 7.05 Å². The highest BCUT2D eigenvalue weighted by Crippen LogP contribution is 2.16. The zero-order chi connectivity index (χ0) is 11.4. The minimum Gasteiger partial charge on any atom is -0.316 e. The zero-order valence-electron chi connectivity index (χ0n) is 10.4. The molecule has 1 aromatic rings. The molecule has 0 aromatic carbocycles. The van der Waals surface area contributed by atoms with Crippen LogP contribution >= 0.6 is 0 Å². The molecule has 1 N–H and O–H groups in total.